The number of nitrogens with zero attached hydrogens (tertiary/aromatic N) is 1. The van der Waals surface area contributed by atoms with Crippen molar-refractivity contribution in [3.05, 3.63) is 24.0 Å². The molecule has 2 heteroatoms. The second-order valence-corrected chi connectivity index (χ2v) is 2.69. The van der Waals surface area contributed by atoms with Crippen molar-refractivity contribution in [2.75, 3.05) is 14.1 Å². The van der Waals surface area contributed by atoms with Crippen LogP contribution in [0.2, 0.25) is 0 Å². The first kappa shape index (κ1) is 7.35. The number of allylic oxidation sites excluding steroid dienone is 2. The van der Waals surface area contributed by atoms with Gasteiger partial charge in [-0.1, -0.05) is 6.08 Å². The van der Waals surface area contributed by atoms with E-state index in [1.165, 1.54) is 5.57 Å². The molecule has 0 radical (unpaired) electrons. The quantitative estimate of drug-likeness (QED) is 0.544. The highest BCUT2D eigenvalue weighted by Gasteiger charge is 2.13. The topological polar surface area (TPSA) is 12.5 Å². The SMILES string of the molecule is CC1=CC=COC1N(C)C. The molecule has 0 fully saturated rings. The molecule has 56 valence electrons. The molecule has 1 rings (SSSR count). The predicted octanol–water partition coefficient (Wildman–Crippen LogP) is 1.36. The first-order valence-corrected chi connectivity index (χ1v) is 3.37. The molecule has 0 N–H and O–H groups in total. The van der Waals surface area contributed by atoms with E-state index in [2.05, 4.69) is 13.0 Å². The Hall–Kier alpha value is -0.760. The summed E-state index contributed by atoms with van der Waals surface area (Å²) in [6.45, 7) is 2.06. The van der Waals surface area contributed by atoms with Gasteiger partial charge in [0, 0.05) is 0 Å². The lowest BCUT2D eigenvalue weighted by molar-refractivity contribution is 0.0519. The molecule has 0 aromatic heterocycles. The average Bonchev–Trinajstić information content (AvgIpc) is 1.88. The first-order valence-electron chi connectivity index (χ1n) is 3.37. The van der Waals surface area contributed by atoms with Gasteiger partial charge in [-0.15, -0.1) is 0 Å². The maximum atomic E-state index is 5.33. The van der Waals surface area contributed by atoms with E-state index in [-0.39, 0.29) is 6.23 Å². The van der Waals surface area contributed by atoms with Crippen molar-refractivity contribution in [1.29, 1.82) is 0 Å². The summed E-state index contributed by atoms with van der Waals surface area (Å²) in [4.78, 5) is 2.04. The Morgan fingerprint density at radius 1 is 1.50 bits per heavy atom. The standard InChI is InChI=1S/C8H13NO/c1-7-5-4-6-10-8(7)9(2)3/h4-6,8H,1-3H3. The fraction of sp³-hybridized carbons (Fsp3) is 0.500. The largest absolute Gasteiger partial charge is 0.479 e. The molecule has 10 heavy (non-hydrogen) atoms. The van der Waals surface area contributed by atoms with Crippen LogP contribution in [0.1, 0.15) is 6.92 Å². The minimum absolute atomic E-state index is 0.130. The summed E-state index contributed by atoms with van der Waals surface area (Å²) in [5.74, 6) is 0. The van der Waals surface area contributed by atoms with E-state index in [9.17, 15) is 0 Å². The lowest BCUT2D eigenvalue weighted by Crippen LogP contribution is -2.31. The minimum Gasteiger partial charge on any atom is -0.479 e. The van der Waals surface area contributed by atoms with Crippen LogP contribution in [-0.4, -0.2) is 25.2 Å². The summed E-state index contributed by atoms with van der Waals surface area (Å²) >= 11 is 0. The maximum Gasteiger partial charge on any atom is 0.173 e. The van der Waals surface area contributed by atoms with E-state index in [1.807, 2.05) is 25.1 Å². The second-order valence-electron chi connectivity index (χ2n) is 2.69. The van der Waals surface area contributed by atoms with E-state index < -0.39 is 0 Å². The Morgan fingerprint density at radius 2 is 2.20 bits per heavy atom. The van der Waals surface area contributed by atoms with E-state index in [1.54, 1.807) is 6.26 Å². The lowest BCUT2D eigenvalue weighted by Gasteiger charge is -2.25. The molecular weight excluding hydrogens is 126 g/mol. The van der Waals surface area contributed by atoms with Gasteiger partial charge < -0.3 is 4.74 Å². The fourth-order valence-electron chi connectivity index (χ4n) is 1.03. The first-order chi connectivity index (χ1) is 4.72. The zero-order valence-corrected chi connectivity index (χ0v) is 6.66. The molecule has 0 aromatic rings. The zero-order valence-electron chi connectivity index (χ0n) is 6.66. The molecule has 1 heterocycles. The van der Waals surface area contributed by atoms with Gasteiger partial charge in [0.25, 0.3) is 0 Å². The van der Waals surface area contributed by atoms with Gasteiger partial charge in [0.15, 0.2) is 6.23 Å². The molecule has 0 bridgehead atoms. The maximum absolute atomic E-state index is 5.33. The van der Waals surface area contributed by atoms with E-state index in [4.69, 9.17) is 4.74 Å². The molecule has 2 nitrogen and oxygen atoms in total. The molecule has 0 saturated heterocycles. The Kier molecular flexibility index (Phi) is 2.12. The fourth-order valence-corrected chi connectivity index (χ4v) is 1.03. The number of rotatable bonds is 1. The van der Waals surface area contributed by atoms with Gasteiger partial charge in [-0.05, 0) is 32.7 Å². The summed E-state index contributed by atoms with van der Waals surface area (Å²) < 4.78 is 5.33. The van der Waals surface area contributed by atoms with Gasteiger partial charge in [-0.2, -0.15) is 0 Å². The normalized spacial score (nSPS) is 24.4. The molecule has 0 aliphatic carbocycles. The molecular formula is C8H13NO. The zero-order chi connectivity index (χ0) is 7.56. The van der Waals surface area contributed by atoms with E-state index >= 15 is 0 Å². The van der Waals surface area contributed by atoms with Crippen molar-refractivity contribution in [1.82, 2.24) is 4.90 Å². The summed E-state index contributed by atoms with van der Waals surface area (Å²) in [6, 6.07) is 0. The second kappa shape index (κ2) is 2.88. The Bertz CT molecular complexity index is 170. The van der Waals surface area contributed by atoms with Crippen LogP contribution in [0.5, 0.6) is 0 Å². The van der Waals surface area contributed by atoms with Gasteiger partial charge in [-0.3, -0.25) is 4.90 Å². The smallest absolute Gasteiger partial charge is 0.173 e. The molecule has 0 saturated carbocycles. The van der Waals surface area contributed by atoms with Crippen LogP contribution < -0.4 is 0 Å². The van der Waals surface area contributed by atoms with Crippen LogP contribution in [0, 0.1) is 0 Å². The average molecular weight is 139 g/mol. The molecule has 1 aliphatic heterocycles. The number of hydrogen-bond donors (Lipinski definition) is 0. The van der Waals surface area contributed by atoms with Gasteiger partial charge in [-0.25, -0.2) is 0 Å². The summed E-state index contributed by atoms with van der Waals surface area (Å²) in [6.07, 6.45) is 5.83. The summed E-state index contributed by atoms with van der Waals surface area (Å²) in [5, 5.41) is 0. The number of ether oxygens (including phenoxy) is 1. The predicted molar refractivity (Wildman–Crippen MR) is 41.5 cm³/mol. The molecule has 0 amide bonds. The third-order valence-electron chi connectivity index (χ3n) is 1.50. The molecule has 0 spiro atoms. The van der Waals surface area contributed by atoms with Crippen molar-refractivity contribution in [3.8, 4) is 0 Å². The van der Waals surface area contributed by atoms with Gasteiger partial charge in [0.05, 0.1) is 6.26 Å². The van der Waals surface area contributed by atoms with Crippen molar-refractivity contribution >= 4 is 0 Å². The van der Waals surface area contributed by atoms with Gasteiger partial charge in [0.1, 0.15) is 0 Å². The highest BCUT2D eigenvalue weighted by atomic mass is 16.5. The Morgan fingerprint density at radius 3 is 2.60 bits per heavy atom. The van der Waals surface area contributed by atoms with Crippen molar-refractivity contribution in [2.24, 2.45) is 0 Å². The third kappa shape index (κ3) is 1.39. The highest BCUT2D eigenvalue weighted by molar-refractivity contribution is 5.16. The lowest BCUT2D eigenvalue weighted by atomic mass is 10.2. The van der Waals surface area contributed by atoms with Crippen LogP contribution in [0.15, 0.2) is 24.0 Å². The van der Waals surface area contributed by atoms with E-state index in [0.717, 1.165) is 0 Å². The Balaban J connectivity index is 2.64. The van der Waals surface area contributed by atoms with Crippen molar-refractivity contribution < 1.29 is 4.74 Å². The monoisotopic (exact) mass is 139 g/mol. The summed E-state index contributed by atoms with van der Waals surface area (Å²) in [7, 11) is 4.00. The van der Waals surface area contributed by atoms with Crippen molar-refractivity contribution in [2.45, 2.75) is 13.2 Å². The highest BCUT2D eigenvalue weighted by Crippen LogP contribution is 2.12. The third-order valence-corrected chi connectivity index (χ3v) is 1.50. The van der Waals surface area contributed by atoms with Crippen LogP contribution in [0.25, 0.3) is 0 Å². The molecule has 1 atom stereocenters. The van der Waals surface area contributed by atoms with Crippen LogP contribution in [-0.2, 0) is 4.74 Å². The van der Waals surface area contributed by atoms with Crippen LogP contribution >= 0.6 is 0 Å². The van der Waals surface area contributed by atoms with Crippen LogP contribution in [0.4, 0.5) is 0 Å². The van der Waals surface area contributed by atoms with Crippen LogP contribution in [0.3, 0.4) is 0 Å². The van der Waals surface area contributed by atoms with Gasteiger partial charge >= 0.3 is 0 Å². The van der Waals surface area contributed by atoms with Gasteiger partial charge in [0.2, 0.25) is 0 Å². The Labute approximate surface area is 61.8 Å². The number of hydrogen-bond acceptors (Lipinski definition) is 2. The number of likely N-dealkylation sites (N-methyl/N-ethyl adjacent to an activating group) is 1. The molecule has 1 unspecified atom stereocenters. The molecule has 0 aromatic carbocycles. The van der Waals surface area contributed by atoms with E-state index in [0.29, 0.717) is 0 Å². The molecule has 1 aliphatic rings. The van der Waals surface area contributed by atoms with Crippen molar-refractivity contribution in [3.63, 3.8) is 0 Å². The summed E-state index contributed by atoms with van der Waals surface area (Å²) in [5.41, 5.74) is 1.24. The minimum atomic E-state index is 0.130.